The van der Waals surface area contributed by atoms with Crippen molar-refractivity contribution in [2.75, 3.05) is 12.3 Å². The summed E-state index contributed by atoms with van der Waals surface area (Å²) in [5.74, 6) is 0.348. The summed E-state index contributed by atoms with van der Waals surface area (Å²) in [6.45, 7) is 0.426. The van der Waals surface area contributed by atoms with E-state index in [2.05, 4.69) is 46.7 Å². The van der Waals surface area contributed by atoms with Crippen LogP contribution in [-0.2, 0) is 4.75 Å². The molecule has 184 valence electrons. The highest BCUT2D eigenvalue weighted by Gasteiger charge is 2.36. The first-order valence-electron chi connectivity index (χ1n) is 11.9. The summed E-state index contributed by atoms with van der Waals surface area (Å²) in [5, 5.41) is 14.9. The molecule has 2 N–H and O–H groups in total. The van der Waals surface area contributed by atoms with E-state index < -0.39 is 9.67 Å². The molecule has 5 rings (SSSR count). The van der Waals surface area contributed by atoms with Crippen LogP contribution in [-0.4, -0.2) is 28.1 Å². The van der Waals surface area contributed by atoms with Gasteiger partial charge < -0.3 is 10.3 Å². The zero-order chi connectivity index (χ0) is 25.7. The van der Waals surface area contributed by atoms with Gasteiger partial charge in [-0.1, -0.05) is 103 Å². The number of rotatable bonds is 9. The predicted molar refractivity (Wildman–Crippen MR) is 149 cm³/mol. The molecule has 6 nitrogen and oxygen atoms in total. The van der Waals surface area contributed by atoms with Gasteiger partial charge in [0.2, 0.25) is 0 Å². The molecule has 1 amide bonds. The first-order chi connectivity index (χ1) is 18.1. The normalized spacial score (nSPS) is 11.4. The largest absolute Gasteiger partial charge is 0.350 e. The molecule has 37 heavy (non-hydrogen) atoms. The summed E-state index contributed by atoms with van der Waals surface area (Å²) in [7, 11) is 0. The van der Waals surface area contributed by atoms with E-state index in [1.807, 2.05) is 54.6 Å². The third kappa shape index (κ3) is 4.86. The molecule has 0 fully saturated rings. The maximum atomic E-state index is 12.9. The average Bonchev–Trinajstić information content (AvgIpc) is 3.39. The summed E-state index contributed by atoms with van der Waals surface area (Å²) in [5.41, 5.74) is 4.08. The summed E-state index contributed by atoms with van der Waals surface area (Å²) in [6, 6.07) is 37.6. The number of non-ortho nitro benzene ring substituents is 1. The van der Waals surface area contributed by atoms with Crippen molar-refractivity contribution in [3.05, 3.63) is 148 Å². The number of carbonyl (C=O) groups excluding carboxylic acids is 1. The molecule has 5 aromatic rings. The summed E-state index contributed by atoms with van der Waals surface area (Å²) >= 11 is 1.76. The van der Waals surface area contributed by atoms with Crippen molar-refractivity contribution >= 4 is 34.3 Å². The van der Waals surface area contributed by atoms with Crippen LogP contribution in [0, 0.1) is 10.1 Å². The topological polar surface area (TPSA) is 88.0 Å². The van der Waals surface area contributed by atoms with Crippen LogP contribution >= 0.6 is 11.8 Å². The van der Waals surface area contributed by atoms with Crippen molar-refractivity contribution in [3.8, 4) is 0 Å². The Morgan fingerprint density at radius 2 is 1.35 bits per heavy atom. The lowest BCUT2D eigenvalue weighted by atomic mass is 9.84. The first-order valence-corrected chi connectivity index (χ1v) is 12.9. The zero-order valence-electron chi connectivity index (χ0n) is 20.0. The Hall–Kier alpha value is -4.36. The predicted octanol–water partition coefficient (Wildman–Crippen LogP) is 6.53. The number of nitrogens with zero attached hydrogens (tertiary/aromatic N) is 1. The molecule has 4 aromatic carbocycles. The van der Waals surface area contributed by atoms with Crippen molar-refractivity contribution < 1.29 is 9.72 Å². The number of H-pyrrole nitrogens is 1. The molecule has 0 aliphatic heterocycles. The van der Waals surface area contributed by atoms with Gasteiger partial charge in [0.1, 0.15) is 11.2 Å². The molecular weight excluding hydrogens is 482 g/mol. The molecule has 0 aliphatic carbocycles. The highest BCUT2D eigenvalue weighted by molar-refractivity contribution is 8.00. The molecule has 0 saturated heterocycles. The maximum absolute atomic E-state index is 12.9. The number of carbonyl (C=O) groups is 1. The van der Waals surface area contributed by atoms with Gasteiger partial charge in [-0.25, -0.2) is 0 Å². The number of nitrogens with one attached hydrogen (secondary N) is 2. The van der Waals surface area contributed by atoms with E-state index in [0.717, 1.165) is 16.7 Å². The minimum atomic E-state index is -0.462. The van der Waals surface area contributed by atoms with Crippen LogP contribution in [0.5, 0.6) is 0 Å². The molecule has 0 saturated carbocycles. The van der Waals surface area contributed by atoms with Crippen molar-refractivity contribution in [1.82, 2.24) is 10.3 Å². The van der Waals surface area contributed by atoms with Gasteiger partial charge in [-0.3, -0.25) is 14.9 Å². The monoisotopic (exact) mass is 507 g/mol. The Balaban J connectivity index is 1.39. The standard InChI is InChI=1S/C30H25N3O3S/c34-29(26-21-22-11-10-18-27(33(35)36)28(22)32-26)31-19-20-37-30(23-12-4-1-5-13-23,24-14-6-2-7-15-24)25-16-8-3-9-17-25/h1-18,21,32H,19-20H2,(H,31,34). The number of aromatic amines is 1. The highest BCUT2D eigenvalue weighted by Crippen LogP contribution is 2.48. The van der Waals surface area contributed by atoms with Crippen molar-refractivity contribution in [2.45, 2.75) is 4.75 Å². The smallest absolute Gasteiger partial charge is 0.293 e. The summed E-state index contributed by atoms with van der Waals surface area (Å²) < 4.78 is -0.462. The van der Waals surface area contributed by atoms with E-state index in [4.69, 9.17) is 0 Å². The van der Waals surface area contributed by atoms with Gasteiger partial charge in [-0.2, -0.15) is 0 Å². The Kier molecular flexibility index (Phi) is 7.05. The Labute approximate surface area is 218 Å². The number of nitro groups is 1. The van der Waals surface area contributed by atoms with Crippen LogP contribution < -0.4 is 5.32 Å². The van der Waals surface area contributed by atoms with Crippen LogP contribution in [0.25, 0.3) is 10.9 Å². The fourth-order valence-corrected chi connectivity index (χ4v) is 6.07. The lowest BCUT2D eigenvalue weighted by Crippen LogP contribution is -2.30. The molecular formula is C30H25N3O3S. The van der Waals surface area contributed by atoms with E-state index >= 15 is 0 Å². The second-order valence-corrected chi connectivity index (χ2v) is 9.87. The Morgan fingerprint density at radius 3 is 1.86 bits per heavy atom. The fourth-order valence-electron chi connectivity index (χ4n) is 4.65. The van der Waals surface area contributed by atoms with E-state index in [9.17, 15) is 14.9 Å². The number of fused-ring (bicyclic) bond motifs is 1. The third-order valence-electron chi connectivity index (χ3n) is 6.32. The van der Waals surface area contributed by atoms with E-state index in [0.29, 0.717) is 28.9 Å². The number of hydrogen-bond donors (Lipinski definition) is 2. The van der Waals surface area contributed by atoms with Gasteiger partial charge in [0.15, 0.2) is 0 Å². The minimum absolute atomic E-state index is 0.0505. The van der Waals surface area contributed by atoms with Crippen LogP contribution in [0.2, 0.25) is 0 Å². The zero-order valence-corrected chi connectivity index (χ0v) is 20.8. The van der Waals surface area contributed by atoms with E-state index in [1.54, 1.807) is 30.0 Å². The molecule has 7 heteroatoms. The van der Waals surface area contributed by atoms with Gasteiger partial charge in [-0.05, 0) is 22.8 Å². The summed E-state index contributed by atoms with van der Waals surface area (Å²) in [4.78, 5) is 26.7. The van der Waals surface area contributed by atoms with Crippen molar-refractivity contribution in [1.29, 1.82) is 0 Å². The number of benzene rings is 4. The fraction of sp³-hybridized carbons (Fsp3) is 0.100. The molecule has 0 spiro atoms. The lowest BCUT2D eigenvalue weighted by Gasteiger charge is -2.35. The minimum Gasteiger partial charge on any atom is -0.350 e. The quantitative estimate of drug-likeness (QED) is 0.103. The van der Waals surface area contributed by atoms with Crippen LogP contribution in [0.3, 0.4) is 0 Å². The van der Waals surface area contributed by atoms with Gasteiger partial charge in [0, 0.05) is 23.8 Å². The molecule has 0 unspecified atom stereocenters. The number of nitro benzene ring substituents is 1. The van der Waals surface area contributed by atoms with Gasteiger partial charge in [-0.15, -0.1) is 11.8 Å². The highest BCUT2D eigenvalue weighted by atomic mass is 32.2. The molecule has 1 heterocycles. The van der Waals surface area contributed by atoms with E-state index in [-0.39, 0.29) is 11.6 Å². The number of aromatic nitrogens is 1. The first kappa shape index (κ1) is 24.3. The Bertz CT molecular complexity index is 1420. The lowest BCUT2D eigenvalue weighted by molar-refractivity contribution is -0.383. The van der Waals surface area contributed by atoms with Gasteiger partial charge in [0.25, 0.3) is 11.6 Å². The van der Waals surface area contributed by atoms with E-state index in [1.165, 1.54) is 6.07 Å². The second-order valence-electron chi connectivity index (χ2n) is 8.57. The van der Waals surface area contributed by atoms with Crippen molar-refractivity contribution in [2.24, 2.45) is 0 Å². The molecule has 0 aliphatic rings. The molecule has 1 aromatic heterocycles. The van der Waals surface area contributed by atoms with Crippen molar-refractivity contribution in [3.63, 3.8) is 0 Å². The molecule has 0 radical (unpaired) electrons. The molecule has 0 bridgehead atoms. The SMILES string of the molecule is O=C(NCCSC(c1ccccc1)(c1ccccc1)c1ccccc1)c1cc2cccc([N+](=O)[O-])c2[nH]1. The number of amides is 1. The van der Waals surface area contributed by atoms with Crippen LogP contribution in [0.4, 0.5) is 5.69 Å². The maximum Gasteiger partial charge on any atom is 0.293 e. The number of thioether (sulfide) groups is 1. The number of para-hydroxylation sites is 1. The second kappa shape index (κ2) is 10.7. The van der Waals surface area contributed by atoms with Gasteiger partial charge in [0.05, 0.1) is 9.67 Å². The molecule has 0 atom stereocenters. The Morgan fingerprint density at radius 1 is 0.811 bits per heavy atom. The average molecular weight is 508 g/mol. The van der Waals surface area contributed by atoms with Crippen LogP contribution in [0.1, 0.15) is 27.2 Å². The summed E-state index contributed by atoms with van der Waals surface area (Å²) in [6.07, 6.45) is 0. The third-order valence-corrected chi connectivity index (χ3v) is 7.87. The van der Waals surface area contributed by atoms with Gasteiger partial charge >= 0.3 is 0 Å². The number of hydrogen-bond acceptors (Lipinski definition) is 4. The van der Waals surface area contributed by atoms with Crippen LogP contribution in [0.15, 0.2) is 115 Å².